The summed E-state index contributed by atoms with van der Waals surface area (Å²) in [5, 5.41) is 0. The maximum atomic E-state index is 14.3. The van der Waals surface area contributed by atoms with Crippen molar-refractivity contribution in [3.63, 3.8) is 0 Å². The molecule has 2 fully saturated rings. The quantitative estimate of drug-likeness (QED) is 0.870. The van der Waals surface area contributed by atoms with Crippen LogP contribution >= 0.6 is 0 Å². The van der Waals surface area contributed by atoms with E-state index in [9.17, 15) is 8.78 Å². The van der Waals surface area contributed by atoms with Crippen molar-refractivity contribution in [1.82, 2.24) is 0 Å². The molecule has 0 saturated heterocycles. The molecule has 0 aromatic heterocycles. The van der Waals surface area contributed by atoms with Crippen LogP contribution in [0.1, 0.15) is 62.8 Å². The van der Waals surface area contributed by atoms with Gasteiger partial charge >= 0.3 is 0 Å². The third-order valence-corrected chi connectivity index (χ3v) is 5.99. The second-order valence-corrected chi connectivity index (χ2v) is 7.27. The first-order chi connectivity index (χ1) is 11.1. The van der Waals surface area contributed by atoms with Crippen molar-refractivity contribution in [2.24, 2.45) is 17.6 Å². The summed E-state index contributed by atoms with van der Waals surface area (Å²) >= 11 is 0. The largest absolute Gasteiger partial charge is 0.494 e. The lowest BCUT2D eigenvalue weighted by molar-refractivity contribution is 0.176. The topological polar surface area (TPSA) is 35.2 Å². The molecular formula is C19H27F2NO. The van der Waals surface area contributed by atoms with Gasteiger partial charge in [-0.25, -0.2) is 4.39 Å². The molecule has 0 heterocycles. The lowest BCUT2D eigenvalue weighted by Crippen LogP contribution is -2.31. The van der Waals surface area contributed by atoms with Crippen molar-refractivity contribution in [3.05, 3.63) is 29.3 Å². The highest BCUT2D eigenvalue weighted by Gasteiger charge is 2.32. The monoisotopic (exact) mass is 323 g/mol. The average Bonchev–Trinajstić information content (AvgIpc) is 2.58. The van der Waals surface area contributed by atoms with E-state index in [1.54, 1.807) is 12.1 Å². The predicted octanol–water partition coefficient (Wildman–Crippen LogP) is 4.76. The highest BCUT2D eigenvalue weighted by molar-refractivity contribution is 5.33. The molecule has 4 heteroatoms. The van der Waals surface area contributed by atoms with Crippen LogP contribution in [0.15, 0.2) is 12.1 Å². The first-order valence-corrected chi connectivity index (χ1v) is 8.87. The number of benzene rings is 1. The Morgan fingerprint density at radius 1 is 0.870 bits per heavy atom. The Morgan fingerprint density at radius 3 is 2.00 bits per heavy atom. The van der Waals surface area contributed by atoms with Crippen LogP contribution in [0, 0.1) is 23.5 Å². The highest BCUT2D eigenvalue weighted by Crippen LogP contribution is 2.43. The molecule has 128 valence electrons. The maximum absolute atomic E-state index is 14.3. The summed E-state index contributed by atoms with van der Waals surface area (Å²) in [7, 11) is 1.36. The Morgan fingerprint density at radius 2 is 1.43 bits per heavy atom. The van der Waals surface area contributed by atoms with Crippen LogP contribution in [0.5, 0.6) is 5.75 Å². The van der Waals surface area contributed by atoms with E-state index in [0.29, 0.717) is 11.6 Å². The molecule has 0 spiro atoms. The number of rotatable bonds is 3. The SMILES string of the molecule is COc1ccc(C2CCC(C3CCC(N)CC3)CC2)c(F)c1F. The first kappa shape index (κ1) is 16.7. The fourth-order valence-electron chi connectivity index (χ4n) is 4.54. The van der Waals surface area contributed by atoms with Gasteiger partial charge in [-0.2, -0.15) is 4.39 Å². The fourth-order valence-corrected chi connectivity index (χ4v) is 4.54. The molecule has 1 aromatic rings. The Labute approximate surface area is 137 Å². The van der Waals surface area contributed by atoms with Gasteiger partial charge in [0.25, 0.3) is 0 Å². The third kappa shape index (κ3) is 3.52. The van der Waals surface area contributed by atoms with Crippen LogP contribution in [-0.2, 0) is 0 Å². The molecule has 2 aliphatic rings. The third-order valence-electron chi connectivity index (χ3n) is 5.99. The number of ether oxygens (including phenoxy) is 1. The Kier molecular flexibility index (Phi) is 5.20. The van der Waals surface area contributed by atoms with Gasteiger partial charge in [0.15, 0.2) is 11.6 Å². The van der Waals surface area contributed by atoms with Gasteiger partial charge < -0.3 is 10.5 Å². The van der Waals surface area contributed by atoms with Crippen LogP contribution in [-0.4, -0.2) is 13.2 Å². The molecular weight excluding hydrogens is 296 g/mol. The molecule has 0 bridgehead atoms. The highest BCUT2D eigenvalue weighted by atomic mass is 19.2. The maximum Gasteiger partial charge on any atom is 0.200 e. The second kappa shape index (κ2) is 7.16. The van der Waals surface area contributed by atoms with Crippen molar-refractivity contribution < 1.29 is 13.5 Å². The van der Waals surface area contributed by atoms with Crippen LogP contribution in [0.4, 0.5) is 8.78 Å². The van der Waals surface area contributed by atoms with Gasteiger partial charge in [0.05, 0.1) is 7.11 Å². The number of nitrogens with two attached hydrogens (primary N) is 1. The van der Waals surface area contributed by atoms with E-state index < -0.39 is 11.6 Å². The van der Waals surface area contributed by atoms with Crippen LogP contribution < -0.4 is 10.5 Å². The van der Waals surface area contributed by atoms with Gasteiger partial charge in [-0.15, -0.1) is 0 Å². The molecule has 0 radical (unpaired) electrons. The smallest absolute Gasteiger partial charge is 0.200 e. The van der Waals surface area contributed by atoms with Gasteiger partial charge in [-0.3, -0.25) is 0 Å². The molecule has 0 aliphatic heterocycles. The van der Waals surface area contributed by atoms with E-state index in [2.05, 4.69) is 0 Å². The molecule has 2 saturated carbocycles. The summed E-state index contributed by atoms with van der Waals surface area (Å²) in [5.74, 6) is 0.0684. The molecule has 3 rings (SSSR count). The summed E-state index contributed by atoms with van der Waals surface area (Å²) < 4.78 is 33.0. The van der Waals surface area contributed by atoms with Crippen molar-refractivity contribution in [1.29, 1.82) is 0 Å². The zero-order valence-corrected chi connectivity index (χ0v) is 13.9. The molecule has 0 atom stereocenters. The van der Waals surface area contributed by atoms with E-state index in [4.69, 9.17) is 10.5 Å². The van der Waals surface area contributed by atoms with Gasteiger partial charge in [0.2, 0.25) is 5.82 Å². The number of methoxy groups -OCH3 is 1. The number of hydrogen-bond acceptors (Lipinski definition) is 2. The Bertz CT molecular complexity index is 532. The standard InChI is InChI=1S/C19H27F2NO/c1-23-17-11-10-16(18(20)19(17)21)14-4-2-12(3-5-14)13-6-8-15(22)9-7-13/h10-15H,2-9,22H2,1H3. The van der Waals surface area contributed by atoms with Crippen molar-refractivity contribution in [3.8, 4) is 5.75 Å². The number of halogens is 2. The molecule has 2 aliphatic carbocycles. The van der Waals surface area contributed by atoms with E-state index in [0.717, 1.165) is 50.4 Å². The van der Waals surface area contributed by atoms with Crippen molar-refractivity contribution in [2.45, 2.75) is 63.3 Å². The van der Waals surface area contributed by atoms with Crippen molar-refractivity contribution in [2.75, 3.05) is 7.11 Å². The molecule has 2 N–H and O–H groups in total. The minimum atomic E-state index is -0.853. The summed E-state index contributed by atoms with van der Waals surface area (Å²) in [6.07, 6.45) is 8.91. The predicted molar refractivity (Wildman–Crippen MR) is 87.5 cm³/mol. The van der Waals surface area contributed by atoms with Gasteiger partial charge in [0.1, 0.15) is 0 Å². The van der Waals surface area contributed by atoms with Gasteiger partial charge in [0, 0.05) is 6.04 Å². The minimum Gasteiger partial charge on any atom is -0.494 e. The minimum absolute atomic E-state index is 0.0153. The molecule has 0 amide bonds. The first-order valence-electron chi connectivity index (χ1n) is 8.87. The lowest BCUT2D eigenvalue weighted by Gasteiger charge is -2.37. The Hall–Kier alpha value is -1.16. The van der Waals surface area contributed by atoms with Crippen molar-refractivity contribution >= 4 is 0 Å². The van der Waals surface area contributed by atoms with E-state index in [1.807, 2.05) is 0 Å². The van der Waals surface area contributed by atoms with Crippen LogP contribution in [0.25, 0.3) is 0 Å². The molecule has 23 heavy (non-hydrogen) atoms. The van der Waals surface area contributed by atoms with Crippen LogP contribution in [0.2, 0.25) is 0 Å². The average molecular weight is 323 g/mol. The molecule has 2 nitrogen and oxygen atoms in total. The van der Waals surface area contributed by atoms with E-state index >= 15 is 0 Å². The summed E-state index contributed by atoms with van der Waals surface area (Å²) in [6, 6.07) is 3.63. The number of hydrogen-bond donors (Lipinski definition) is 1. The molecule has 0 unspecified atom stereocenters. The second-order valence-electron chi connectivity index (χ2n) is 7.27. The Balaban J connectivity index is 1.62. The molecule has 1 aromatic carbocycles. The zero-order valence-electron chi connectivity index (χ0n) is 13.9. The summed E-state index contributed by atoms with van der Waals surface area (Å²) in [4.78, 5) is 0. The van der Waals surface area contributed by atoms with Gasteiger partial charge in [-0.1, -0.05) is 6.07 Å². The summed E-state index contributed by atoms with van der Waals surface area (Å²) in [6.45, 7) is 0. The van der Waals surface area contributed by atoms with Gasteiger partial charge in [-0.05, 0) is 80.8 Å². The zero-order chi connectivity index (χ0) is 16.4. The van der Waals surface area contributed by atoms with E-state index in [1.165, 1.54) is 20.0 Å². The van der Waals surface area contributed by atoms with E-state index in [-0.39, 0.29) is 11.7 Å². The summed E-state index contributed by atoms with van der Waals surface area (Å²) in [5.41, 5.74) is 6.51. The fraction of sp³-hybridized carbons (Fsp3) is 0.684. The normalized spacial score (nSPS) is 31.8. The van der Waals surface area contributed by atoms with Crippen LogP contribution in [0.3, 0.4) is 0 Å². The lowest BCUT2D eigenvalue weighted by atomic mass is 9.69.